The molecule has 1 amide bonds. The number of rotatable bonds is 4. The van der Waals surface area contributed by atoms with Crippen LogP contribution in [0.15, 0.2) is 42.0 Å². The maximum atomic E-state index is 12.9. The molecule has 1 aliphatic carbocycles. The largest absolute Gasteiger partial charge is 0.340 e. The summed E-state index contributed by atoms with van der Waals surface area (Å²) in [6, 6.07) is 10.6. The predicted molar refractivity (Wildman–Crippen MR) is 98.5 cm³/mol. The lowest BCUT2D eigenvalue weighted by atomic mass is 10.1. The van der Waals surface area contributed by atoms with Gasteiger partial charge in [0.05, 0.1) is 5.92 Å². The van der Waals surface area contributed by atoms with Gasteiger partial charge in [0.15, 0.2) is 0 Å². The van der Waals surface area contributed by atoms with Crippen molar-refractivity contribution in [2.24, 2.45) is 17.3 Å². The lowest BCUT2D eigenvalue weighted by Gasteiger charge is -2.35. The fourth-order valence-electron chi connectivity index (χ4n) is 3.98. The highest BCUT2D eigenvalue weighted by molar-refractivity contribution is 5.84. The van der Waals surface area contributed by atoms with Gasteiger partial charge in [-0.3, -0.25) is 9.69 Å². The van der Waals surface area contributed by atoms with E-state index in [4.69, 9.17) is 0 Å². The van der Waals surface area contributed by atoms with E-state index in [-0.39, 0.29) is 11.3 Å². The first-order valence-electron chi connectivity index (χ1n) is 9.09. The van der Waals surface area contributed by atoms with Crippen LogP contribution in [0.3, 0.4) is 0 Å². The van der Waals surface area contributed by atoms with Crippen molar-refractivity contribution < 1.29 is 4.79 Å². The molecule has 0 radical (unpaired) electrons. The molecule has 130 valence electrons. The number of nitrogens with zero attached hydrogens (tertiary/aromatic N) is 2. The molecule has 0 bridgehead atoms. The average Bonchev–Trinajstić information content (AvgIpc) is 3.08. The van der Waals surface area contributed by atoms with Gasteiger partial charge in [0.2, 0.25) is 5.91 Å². The zero-order valence-corrected chi connectivity index (χ0v) is 15.5. The predicted octanol–water partition coefficient (Wildman–Crippen LogP) is 3.57. The second-order valence-electron chi connectivity index (χ2n) is 8.16. The molecular weight excluding hydrogens is 296 g/mol. The van der Waals surface area contributed by atoms with Crippen molar-refractivity contribution in [3.05, 3.63) is 47.5 Å². The second kappa shape index (κ2) is 6.72. The summed E-state index contributed by atoms with van der Waals surface area (Å²) in [6.45, 7) is 13.4. The van der Waals surface area contributed by atoms with Gasteiger partial charge < -0.3 is 4.90 Å². The molecule has 2 unspecified atom stereocenters. The van der Waals surface area contributed by atoms with Crippen LogP contribution in [0.1, 0.15) is 33.3 Å². The number of piperazine rings is 1. The number of benzene rings is 1. The highest BCUT2D eigenvalue weighted by Crippen LogP contribution is 2.60. The lowest BCUT2D eigenvalue weighted by Crippen LogP contribution is -2.49. The fraction of sp³-hybridized carbons (Fsp3) is 0.571. The van der Waals surface area contributed by atoms with Crippen LogP contribution in [0.4, 0.5) is 0 Å². The third kappa shape index (κ3) is 3.56. The van der Waals surface area contributed by atoms with Crippen molar-refractivity contribution in [2.45, 2.75) is 34.2 Å². The lowest BCUT2D eigenvalue weighted by molar-refractivity contribution is -0.135. The molecule has 0 N–H and O–H groups in total. The Hall–Kier alpha value is -1.61. The summed E-state index contributed by atoms with van der Waals surface area (Å²) >= 11 is 0. The first-order chi connectivity index (χ1) is 11.4. The molecule has 3 nitrogen and oxygen atoms in total. The topological polar surface area (TPSA) is 23.6 Å². The molecule has 24 heavy (non-hydrogen) atoms. The van der Waals surface area contributed by atoms with E-state index in [9.17, 15) is 4.79 Å². The minimum atomic E-state index is 0.121. The highest BCUT2D eigenvalue weighted by Gasteiger charge is 2.61. The van der Waals surface area contributed by atoms with Crippen molar-refractivity contribution in [2.75, 3.05) is 26.2 Å². The van der Waals surface area contributed by atoms with Gasteiger partial charge in [-0.05, 0) is 30.7 Å². The number of carbonyl (C=O) groups excluding carboxylic acids is 1. The normalized spacial score (nSPS) is 26.1. The van der Waals surface area contributed by atoms with Crippen LogP contribution in [0.2, 0.25) is 0 Å². The molecule has 1 saturated carbocycles. The molecule has 0 aromatic heterocycles. The van der Waals surface area contributed by atoms with Crippen molar-refractivity contribution in [1.29, 1.82) is 0 Å². The first-order valence-corrected chi connectivity index (χ1v) is 9.09. The van der Waals surface area contributed by atoms with Crippen molar-refractivity contribution in [3.63, 3.8) is 0 Å². The maximum absolute atomic E-state index is 12.9. The number of allylic oxidation sites excluding steroid dienone is 2. The summed E-state index contributed by atoms with van der Waals surface area (Å²) < 4.78 is 0. The monoisotopic (exact) mass is 326 g/mol. The second-order valence-corrected chi connectivity index (χ2v) is 8.16. The summed E-state index contributed by atoms with van der Waals surface area (Å²) in [6.07, 6.45) is 2.29. The Bertz CT molecular complexity index is 608. The van der Waals surface area contributed by atoms with E-state index in [0.717, 1.165) is 32.7 Å². The van der Waals surface area contributed by atoms with Crippen LogP contribution < -0.4 is 0 Å². The molecule has 1 aliphatic heterocycles. The zero-order chi connectivity index (χ0) is 17.3. The van der Waals surface area contributed by atoms with Crippen molar-refractivity contribution in [1.82, 2.24) is 9.80 Å². The van der Waals surface area contributed by atoms with E-state index in [1.165, 1.54) is 11.1 Å². The molecular formula is C21H30N2O. The van der Waals surface area contributed by atoms with Crippen molar-refractivity contribution >= 4 is 5.91 Å². The SMILES string of the molecule is CC(C)=CC1C(C(=O)N2CCN(Cc3ccccc3)CC2)C1(C)C. The molecule has 2 fully saturated rings. The van der Waals surface area contributed by atoms with Gasteiger partial charge >= 0.3 is 0 Å². The highest BCUT2D eigenvalue weighted by atomic mass is 16.2. The van der Waals surface area contributed by atoms with Crippen LogP contribution >= 0.6 is 0 Å². The van der Waals surface area contributed by atoms with E-state index in [1.54, 1.807) is 0 Å². The van der Waals surface area contributed by atoms with Crippen molar-refractivity contribution in [3.8, 4) is 0 Å². The summed E-state index contributed by atoms with van der Waals surface area (Å²) in [5, 5.41) is 0. The Labute approximate surface area is 146 Å². The van der Waals surface area contributed by atoms with Crippen LogP contribution in [0.5, 0.6) is 0 Å². The first kappa shape index (κ1) is 17.2. The molecule has 1 aromatic carbocycles. The van der Waals surface area contributed by atoms with Gasteiger partial charge in [-0.1, -0.05) is 55.8 Å². The number of hydrogen-bond acceptors (Lipinski definition) is 2. The maximum Gasteiger partial charge on any atom is 0.226 e. The Morgan fingerprint density at radius 2 is 1.75 bits per heavy atom. The smallest absolute Gasteiger partial charge is 0.226 e. The fourth-order valence-corrected chi connectivity index (χ4v) is 3.98. The van der Waals surface area contributed by atoms with Crippen LogP contribution in [0, 0.1) is 17.3 Å². The van der Waals surface area contributed by atoms with Gasteiger partial charge in [-0.15, -0.1) is 0 Å². The molecule has 3 heteroatoms. The van der Waals surface area contributed by atoms with E-state index < -0.39 is 0 Å². The summed E-state index contributed by atoms with van der Waals surface area (Å²) in [5.41, 5.74) is 2.79. The van der Waals surface area contributed by atoms with Gasteiger partial charge in [-0.2, -0.15) is 0 Å². The molecule has 1 heterocycles. The standard InChI is InChI=1S/C21H30N2O/c1-16(2)14-18-19(21(18,3)4)20(24)23-12-10-22(11-13-23)15-17-8-6-5-7-9-17/h5-9,14,18-19H,10-13,15H2,1-4H3. The summed E-state index contributed by atoms with van der Waals surface area (Å²) in [5.74, 6) is 0.951. The molecule has 3 rings (SSSR count). The van der Waals surface area contributed by atoms with E-state index >= 15 is 0 Å². The number of carbonyl (C=O) groups is 1. The van der Waals surface area contributed by atoms with Gasteiger partial charge in [0.25, 0.3) is 0 Å². The number of amides is 1. The van der Waals surface area contributed by atoms with E-state index in [0.29, 0.717) is 11.8 Å². The molecule has 2 atom stereocenters. The third-order valence-corrected chi connectivity index (χ3v) is 5.62. The minimum Gasteiger partial charge on any atom is -0.340 e. The Kier molecular flexibility index (Phi) is 4.82. The van der Waals surface area contributed by atoms with Gasteiger partial charge in [0, 0.05) is 32.7 Å². The minimum absolute atomic E-state index is 0.121. The molecule has 2 aliphatic rings. The Morgan fingerprint density at radius 3 is 2.33 bits per heavy atom. The quantitative estimate of drug-likeness (QED) is 0.790. The Balaban J connectivity index is 1.53. The summed E-state index contributed by atoms with van der Waals surface area (Å²) in [4.78, 5) is 17.5. The van der Waals surface area contributed by atoms with Crippen LogP contribution in [-0.4, -0.2) is 41.9 Å². The van der Waals surface area contributed by atoms with E-state index in [1.807, 2.05) is 0 Å². The van der Waals surface area contributed by atoms with Crippen LogP contribution in [-0.2, 0) is 11.3 Å². The molecule has 1 aromatic rings. The van der Waals surface area contributed by atoms with Crippen LogP contribution in [0.25, 0.3) is 0 Å². The van der Waals surface area contributed by atoms with Gasteiger partial charge in [0.1, 0.15) is 0 Å². The number of hydrogen-bond donors (Lipinski definition) is 0. The molecule has 0 spiro atoms. The van der Waals surface area contributed by atoms with E-state index in [2.05, 4.69) is 73.9 Å². The van der Waals surface area contributed by atoms with Gasteiger partial charge in [-0.25, -0.2) is 0 Å². The summed E-state index contributed by atoms with van der Waals surface area (Å²) in [7, 11) is 0. The Morgan fingerprint density at radius 1 is 1.12 bits per heavy atom. The third-order valence-electron chi connectivity index (χ3n) is 5.62. The zero-order valence-electron chi connectivity index (χ0n) is 15.5. The molecule has 1 saturated heterocycles. The average molecular weight is 326 g/mol.